The molecule has 0 saturated heterocycles. The molecule has 0 aromatic carbocycles. The standard InChI is InChI=1S/C15H24N2/c1-2-5-14(6-3-1)8-10-16-11-12-17-9-4-7-15(17)13-16/h4,7,9,14H,1-3,5-6,8,10-13H2. The van der Waals surface area contributed by atoms with E-state index in [9.17, 15) is 0 Å². The van der Waals surface area contributed by atoms with Gasteiger partial charge in [0.2, 0.25) is 0 Å². The van der Waals surface area contributed by atoms with Crippen LogP contribution < -0.4 is 0 Å². The fourth-order valence-corrected chi connectivity index (χ4v) is 3.40. The van der Waals surface area contributed by atoms with Crippen molar-refractivity contribution in [1.82, 2.24) is 9.47 Å². The first kappa shape index (κ1) is 11.3. The molecule has 0 spiro atoms. The van der Waals surface area contributed by atoms with E-state index in [1.54, 1.807) is 0 Å². The van der Waals surface area contributed by atoms with Crippen LogP contribution in [0.15, 0.2) is 18.3 Å². The zero-order chi connectivity index (χ0) is 11.5. The van der Waals surface area contributed by atoms with Crippen molar-refractivity contribution >= 4 is 0 Å². The van der Waals surface area contributed by atoms with Gasteiger partial charge in [0.15, 0.2) is 0 Å². The molecule has 0 amide bonds. The van der Waals surface area contributed by atoms with Crippen molar-refractivity contribution in [1.29, 1.82) is 0 Å². The highest BCUT2D eigenvalue weighted by Gasteiger charge is 2.18. The van der Waals surface area contributed by atoms with Gasteiger partial charge in [-0.1, -0.05) is 32.1 Å². The van der Waals surface area contributed by atoms with Gasteiger partial charge < -0.3 is 4.57 Å². The normalized spacial score (nSPS) is 22.6. The van der Waals surface area contributed by atoms with Gasteiger partial charge in [0.25, 0.3) is 0 Å². The van der Waals surface area contributed by atoms with E-state index in [2.05, 4.69) is 27.8 Å². The fourth-order valence-electron chi connectivity index (χ4n) is 3.40. The van der Waals surface area contributed by atoms with Crippen LogP contribution in [-0.2, 0) is 13.1 Å². The molecule has 0 atom stereocenters. The van der Waals surface area contributed by atoms with E-state index < -0.39 is 0 Å². The quantitative estimate of drug-likeness (QED) is 0.776. The Morgan fingerprint density at radius 1 is 1.12 bits per heavy atom. The molecule has 1 saturated carbocycles. The van der Waals surface area contributed by atoms with Gasteiger partial charge in [0, 0.05) is 31.5 Å². The van der Waals surface area contributed by atoms with Gasteiger partial charge in [0.05, 0.1) is 0 Å². The lowest BCUT2D eigenvalue weighted by Crippen LogP contribution is -2.34. The van der Waals surface area contributed by atoms with E-state index in [4.69, 9.17) is 0 Å². The van der Waals surface area contributed by atoms with Crippen LogP contribution in [0.2, 0.25) is 0 Å². The third-order valence-corrected chi connectivity index (χ3v) is 4.54. The Bertz CT molecular complexity index is 350. The van der Waals surface area contributed by atoms with Gasteiger partial charge in [-0.25, -0.2) is 0 Å². The summed E-state index contributed by atoms with van der Waals surface area (Å²) in [6.07, 6.45) is 11.1. The fraction of sp³-hybridized carbons (Fsp3) is 0.733. The maximum atomic E-state index is 2.64. The highest BCUT2D eigenvalue weighted by Crippen LogP contribution is 2.26. The van der Waals surface area contributed by atoms with Gasteiger partial charge in [-0.15, -0.1) is 0 Å². The molecule has 2 nitrogen and oxygen atoms in total. The number of aromatic nitrogens is 1. The lowest BCUT2D eigenvalue weighted by Gasteiger charge is -2.30. The predicted molar refractivity (Wildman–Crippen MR) is 70.9 cm³/mol. The van der Waals surface area contributed by atoms with Crippen molar-refractivity contribution in [3.8, 4) is 0 Å². The maximum absolute atomic E-state index is 2.64. The van der Waals surface area contributed by atoms with E-state index in [1.807, 2.05) is 0 Å². The van der Waals surface area contributed by atoms with Crippen LogP contribution in [0.3, 0.4) is 0 Å². The van der Waals surface area contributed by atoms with Gasteiger partial charge in [-0.2, -0.15) is 0 Å². The molecule has 3 rings (SSSR count). The average Bonchev–Trinajstić information content (AvgIpc) is 2.85. The monoisotopic (exact) mass is 232 g/mol. The van der Waals surface area contributed by atoms with Crippen molar-refractivity contribution in [2.75, 3.05) is 13.1 Å². The van der Waals surface area contributed by atoms with Gasteiger partial charge >= 0.3 is 0 Å². The predicted octanol–water partition coefficient (Wildman–Crippen LogP) is 3.27. The minimum Gasteiger partial charge on any atom is -0.349 e. The number of hydrogen-bond acceptors (Lipinski definition) is 1. The summed E-state index contributed by atoms with van der Waals surface area (Å²) in [5.41, 5.74) is 1.50. The van der Waals surface area contributed by atoms with Crippen molar-refractivity contribution < 1.29 is 0 Å². The van der Waals surface area contributed by atoms with Gasteiger partial charge in [-0.3, -0.25) is 4.90 Å². The van der Waals surface area contributed by atoms with Crippen molar-refractivity contribution in [2.45, 2.75) is 51.6 Å². The summed E-state index contributed by atoms with van der Waals surface area (Å²) in [4.78, 5) is 2.64. The second-order valence-corrected chi connectivity index (χ2v) is 5.76. The lowest BCUT2D eigenvalue weighted by molar-refractivity contribution is 0.194. The average molecular weight is 232 g/mol. The van der Waals surface area contributed by atoms with Crippen LogP contribution in [0, 0.1) is 5.92 Å². The van der Waals surface area contributed by atoms with Crippen molar-refractivity contribution in [2.24, 2.45) is 5.92 Å². The first-order valence-electron chi connectivity index (χ1n) is 7.28. The third-order valence-electron chi connectivity index (χ3n) is 4.54. The summed E-state index contributed by atoms with van der Waals surface area (Å²) in [7, 11) is 0. The summed E-state index contributed by atoms with van der Waals surface area (Å²) >= 11 is 0. The highest BCUT2D eigenvalue weighted by molar-refractivity contribution is 5.08. The first-order chi connectivity index (χ1) is 8.42. The second kappa shape index (κ2) is 5.26. The Morgan fingerprint density at radius 2 is 2.00 bits per heavy atom. The van der Waals surface area contributed by atoms with Gasteiger partial charge in [-0.05, 0) is 31.0 Å². The summed E-state index contributed by atoms with van der Waals surface area (Å²) in [6, 6.07) is 4.45. The number of rotatable bonds is 3. The summed E-state index contributed by atoms with van der Waals surface area (Å²) in [5, 5.41) is 0. The summed E-state index contributed by atoms with van der Waals surface area (Å²) < 4.78 is 2.40. The molecular weight excluding hydrogens is 208 g/mol. The van der Waals surface area contributed by atoms with Crippen LogP contribution >= 0.6 is 0 Å². The molecule has 0 N–H and O–H groups in total. The summed E-state index contributed by atoms with van der Waals surface area (Å²) in [5.74, 6) is 1.03. The molecule has 1 fully saturated rings. The minimum atomic E-state index is 1.03. The van der Waals surface area contributed by atoms with Crippen LogP contribution in [0.25, 0.3) is 0 Å². The second-order valence-electron chi connectivity index (χ2n) is 5.76. The van der Waals surface area contributed by atoms with Crippen LogP contribution in [0.1, 0.15) is 44.2 Å². The van der Waals surface area contributed by atoms with E-state index >= 15 is 0 Å². The number of nitrogens with zero attached hydrogens (tertiary/aromatic N) is 2. The molecule has 2 heterocycles. The Morgan fingerprint density at radius 3 is 2.88 bits per heavy atom. The zero-order valence-electron chi connectivity index (χ0n) is 10.8. The smallest absolute Gasteiger partial charge is 0.0387 e. The number of fused-ring (bicyclic) bond motifs is 1. The minimum absolute atomic E-state index is 1.03. The third kappa shape index (κ3) is 2.74. The molecular formula is C15H24N2. The highest BCUT2D eigenvalue weighted by atomic mass is 15.2. The molecule has 94 valence electrons. The van der Waals surface area contributed by atoms with E-state index in [1.165, 1.54) is 70.4 Å². The molecule has 17 heavy (non-hydrogen) atoms. The Labute approximate surface area is 105 Å². The van der Waals surface area contributed by atoms with Gasteiger partial charge in [0.1, 0.15) is 0 Å². The molecule has 1 aromatic rings. The maximum Gasteiger partial charge on any atom is 0.0387 e. The molecule has 1 aliphatic heterocycles. The Kier molecular flexibility index (Phi) is 3.51. The Hall–Kier alpha value is -0.760. The molecule has 1 aromatic heterocycles. The van der Waals surface area contributed by atoms with Crippen LogP contribution in [0.4, 0.5) is 0 Å². The largest absolute Gasteiger partial charge is 0.349 e. The van der Waals surface area contributed by atoms with E-state index in [0.29, 0.717) is 0 Å². The van der Waals surface area contributed by atoms with Crippen LogP contribution in [-0.4, -0.2) is 22.6 Å². The molecule has 1 aliphatic carbocycles. The summed E-state index contributed by atoms with van der Waals surface area (Å²) in [6.45, 7) is 4.91. The first-order valence-corrected chi connectivity index (χ1v) is 7.28. The molecule has 0 bridgehead atoms. The van der Waals surface area contributed by atoms with Crippen LogP contribution in [0.5, 0.6) is 0 Å². The SMILES string of the molecule is c1cc2n(c1)CCN(CCC1CCCCC1)C2. The number of hydrogen-bond donors (Lipinski definition) is 0. The zero-order valence-corrected chi connectivity index (χ0v) is 10.8. The molecule has 2 heteroatoms. The topological polar surface area (TPSA) is 8.17 Å². The molecule has 0 radical (unpaired) electrons. The van der Waals surface area contributed by atoms with E-state index in [-0.39, 0.29) is 0 Å². The molecule has 0 unspecified atom stereocenters. The van der Waals surface area contributed by atoms with E-state index in [0.717, 1.165) is 5.92 Å². The van der Waals surface area contributed by atoms with Crippen molar-refractivity contribution in [3.05, 3.63) is 24.0 Å². The molecule has 2 aliphatic rings. The van der Waals surface area contributed by atoms with Crippen molar-refractivity contribution in [3.63, 3.8) is 0 Å². The lowest BCUT2D eigenvalue weighted by atomic mass is 9.87. The Balaban J connectivity index is 1.47.